The van der Waals surface area contributed by atoms with E-state index in [0.717, 1.165) is 12.1 Å². The van der Waals surface area contributed by atoms with Crippen LogP contribution >= 0.6 is 0 Å². The molecule has 5 nitrogen and oxygen atoms in total. The van der Waals surface area contributed by atoms with Crippen LogP contribution in [0.3, 0.4) is 0 Å². The van der Waals surface area contributed by atoms with Crippen LogP contribution in [-0.4, -0.2) is 16.7 Å². The summed E-state index contributed by atoms with van der Waals surface area (Å²) in [4.78, 5) is 27.7. The van der Waals surface area contributed by atoms with Gasteiger partial charge in [0.2, 0.25) is 0 Å². The fraction of sp³-hybridized carbons (Fsp3) is 0.0500. The largest absolute Gasteiger partial charge is 0.340 e. The van der Waals surface area contributed by atoms with Crippen molar-refractivity contribution in [2.24, 2.45) is 0 Å². The van der Waals surface area contributed by atoms with Gasteiger partial charge in [-0.2, -0.15) is 0 Å². The zero-order chi connectivity index (χ0) is 19.4. The molecule has 0 aliphatic carbocycles. The number of hydrogen-bond acceptors (Lipinski definition) is 4. The first kappa shape index (κ1) is 18.2. The van der Waals surface area contributed by atoms with Crippen LogP contribution < -0.4 is 10.6 Å². The highest BCUT2D eigenvalue weighted by atomic mass is 19.2. The normalized spacial score (nSPS) is 10.3. The molecule has 27 heavy (non-hydrogen) atoms. The number of aromatic nitrogens is 1. The predicted octanol–water partition coefficient (Wildman–Crippen LogP) is 4.56. The number of amides is 1. The van der Waals surface area contributed by atoms with Crippen LogP contribution in [0.25, 0.3) is 0 Å². The molecule has 0 bridgehead atoms. The molecule has 0 unspecified atom stereocenters. The van der Waals surface area contributed by atoms with Gasteiger partial charge in [-0.05, 0) is 55.5 Å². The number of hydrogen-bond donors (Lipinski definition) is 2. The SMILES string of the molecule is CC(=O)c1ccc(NC(=O)c2ccnc(Nc3ccc(F)c(F)c3)c2)cc1. The zero-order valence-corrected chi connectivity index (χ0v) is 14.3. The van der Waals surface area contributed by atoms with Gasteiger partial charge >= 0.3 is 0 Å². The molecule has 7 heteroatoms. The maximum atomic E-state index is 13.3. The van der Waals surface area contributed by atoms with Crippen molar-refractivity contribution in [1.82, 2.24) is 4.98 Å². The number of benzene rings is 2. The molecule has 2 N–H and O–H groups in total. The van der Waals surface area contributed by atoms with Crippen LogP contribution in [0.2, 0.25) is 0 Å². The Labute approximate surface area is 154 Å². The highest BCUT2D eigenvalue weighted by Crippen LogP contribution is 2.19. The Kier molecular flexibility index (Phi) is 5.21. The number of ketones is 1. The summed E-state index contributed by atoms with van der Waals surface area (Å²) in [6.07, 6.45) is 1.43. The summed E-state index contributed by atoms with van der Waals surface area (Å²) in [5, 5.41) is 5.53. The summed E-state index contributed by atoms with van der Waals surface area (Å²) >= 11 is 0. The number of pyridine rings is 1. The molecule has 3 aromatic rings. The van der Waals surface area contributed by atoms with Gasteiger partial charge in [-0.15, -0.1) is 0 Å². The summed E-state index contributed by atoms with van der Waals surface area (Å²) in [7, 11) is 0. The van der Waals surface area contributed by atoms with Gasteiger partial charge in [0.05, 0.1) is 0 Å². The molecule has 1 heterocycles. The van der Waals surface area contributed by atoms with Gasteiger partial charge in [0.25, 0.3) is 5.91 Å². The molecule has 136 valence electrons. The highest BCUT2D eigenvalue weighted by Gasteiger charge is 2.09. The maximum Gasteiger partial charge on any atom is 0.255 e. The van der Waals surface area contributed by atoms with Gasteiger partial charge in [-0.3, -0.25) is 9.59 Å². The Hall–Kier alpha value is -3.61. The molecule has 1 amide bonds. The summed E-state index contributed by atoms with van der Waals surface area (Å²) < 4.78 is 26.3. The van der Waals surface area contributed by atoms with E-state index in [1.54, 1.807) is 24.3 Å². The topological polar surface area (TPSA) is 71.1 Å². The number of Topliss-reactive ketones (excluding diaryl/α,β-unsaturated/α-hetero) is 1. The lowest BCUT2D eigenvalue weighted by molar-refractivity contribution is 0.101. The third kappa shape index (κ3) is 4.52. The van der Waals surface area contributed by atoms with Crippen molar-refractivity contribution in [1.29, 1.82) is 0 Å². The Morgan fingerprint density at radius 1 is 0.852 bits per heavy atom. The molecule has 0 radical (unpaired) electrons. The van der Waals surface area contributed by atoms with Crippen molar-refractivity contribution in [2.75, 3.05) is 10.6 Å². The Balaban J connectivity index is 1.73. The van der Waals surface area contributed by atoms with Gasteiger partial charge in [-0.1, -0.05) is 0 Å². The number of nitrogens with one attached hydrogen (secondary N) is 2. The standard InChI is InChI=1S/C20H15F2N3O2/c1-12(26)13-2-4-15(5-3-13)25-20(27)14-8-9-23-19(10-14)24-16-6-7-17(21)18(22)11-16/h2-11H,1H3,(H,23,24)(H,25,27). The van der Waals surface area contributed by atoms with Crippen LogP contribution in [0.5, 0.6) is 0 Å². The van der Waals surface area contributed by atoms with E-state index in [0.29, 0.717) is 28.3 Å². The average Bonchev–Trinajstić information content (AvgIpc) is 2.65. The lowest BCUT2D eigenvalue weighted by atomic mass is 10.1. The van der Waals surface area contributed by atoms with Crippen molar-refractivity contribution >= 4 is 28.9 Å². The molecule has 0 aliphatic heterocycles. The van der Waals surface area contributed by atoms with E-state index in [1.165, 1.54) is 31.3 Å². The van der Waals surface area contributed by atoms with Crippen molar-refractivity contribution < 1.29 is 18.4 Å². The van der Waals surface area contributed by atoms with Crippen LogP contribution in [0, 0.1) is 11.6 Å². The number of carbonyl (C=O) groups is 2. The van der Waals surface area contributed by atoms with Crippen LogP contribution in [-0.2, 0) is 0 Å². The van der Waals surface area contributed by atoms with Gasteiger partial charge < -0.3 is 10.6 Å². The lowest BCUT2D eigenvalue weighted by Crippen LogP contribution is -2.12. The highest BCUT2D eigenvalue weighted by molar-refractivity contribution is 6.05. The second-order valence-corrected chi connectivity index (χ2v) is 5.77. The molecule has 1 aromatic heterocycles. The van der Waals surface area contributed by atoms with E-state index in [1.807, 2.05) is 0 Å². The van der Waals surface area contributed by atoms with Crippen LogP contribution in [0.4, 0.5) is 26.0 Å². The quantitative estimate of drug-likeness (QED) is 0.649. The molecule has 3 rings (SSSR count). The second kappa shape index (κ2) is 7.74. The molecular weight excluding hydrogens is 352 g/mol. The van der Waals surface area contributed by atoms with Crippen LogP contribution in [0.15, 0.2) is 60.8 Å². The van der Waals surface area contributed by atoms with Gasteiger partial charge in [0.15, 0.2) is 17.4 Å². The Bertz CT molecular complexity index is 1000. The fourth-order valence-corrected chi connectivity index (χ4v) is 2.35. The van der Waals surface area contributed by atoms with E-state index in [-0.39, 0.29) is 11.7 Å². The van der Waals surface area contributed by atoms with Crippen molar-refractivity contribution in [3.05, 3.63) is 83.6 Å². The van der Waals surface area contributed by atoms with Crippen molar-refractivity contribution in [2.45, 2.75) is 6.92 Å². The molecule has 0 aliphatic rings. The minimum Gasteiger partial charge on any atom is -0.340 e. The van der Waals surface area contributed by atoms with E-state index < -0.39 is 11.6 Å². The smallest absolute Gasteiger partial charge is 0.255 e. The number of carbonyl (C=O) groups excluding carboxylic acids is 2. The Morgan fingerprint density at radius 3 is 2.22 bits per heavy atom. The second-order valence-electron chi connectivity index (χ2n) is 5.77. The summed E-state index contributed by atoms with van der Waals surface area (Å²) in [6.45, 7) is 1.46. The monoisotopic (exact) mass is 367 g/mol. The third-order valence-corrected chi connectivity index (χ3v) is 3.76. The van der Waals surface area contributed by atoms with E-state index in [9.17, 15) is 18.4 Å². The van der Waals surface area contributed by atoms with Crippen molar-refractivity contribution in [3.63, 3.8) is 0 Å². The lowest BCUT2D eigenvalue weighted by Gasteiger charge is -2.09. The minimum absolute atomic E-state index is 0.0602. The average molecular weight is 367 g/mol. The molecule has 0 saturated carbocycles. The number of anilines is 3. The van der Waals surface area contributed by atoms with Gasteiger partial charge in [0, 0.05) is 34.8 Å². The molecule has 0 fully saturated rings. The first-order chi connectivity index (χ1) is 12.9. The molecule has 2 aromatic carbocycles. The first-order valence-corrected chi connectivity index (χ1v) is 8.03. The Morgan fingerprint density at radius 2 is 1.56 bits per heavy atom. The third-order valence-electron chi connectivity index (χ3n) is 3.76. The predicted molar refractivity (Wildman–Crippen MR) is 98.3 cm³/mol. The summed E-state index contributed by atoms with van der Waals surface area (Å²) in [6, 6.07) is 12.9. The molecule has 0 spiro atoms. The number of nitrogens with zero attached hydrogens (tertiary/aromatic N) is 1. The minimum atomic E-state index is -0.983. The number of halogens is 2. The zero-order valence-electron chi connectivity index (χ0n) is 14.3. The van der Waals surface area contributed by atoms with Gasteiger partial charge in [-0.25, -0.2) is 13.8 Å². The first-order valence-electron chi connectivity index (χ1n) is 8.03. The fourth-order valence-electron chi connectivity index (χ4n) is 2.35. The van der Waals surface area contributed by atoms with Crippen molar-refractivity contribution in [3.8, 4) is 0 Å². The summed E-state index contributed by atoms with van der Waals surface area (Å²) in [5.41, 5.74) is 1.72. The van der Waals surface area contributed by atoms with Crippen LogP contribution in [0.1, 0.15) is 27.6 Å². The maximum absolute atomic E-state index is 13.3. The number of rotatable bonds is 5. The molecular formula is C20H15F2N3O2. The molecule has 0 saturated heterocycles. The van der Waals surface area contributed by atoms with Gasteiger partial charge in [0.1, 0.15) is 5.82 Å². The van der Waals surface area contributed by atoms with E-state index in [4.69, 9.17) is 0 Å². The van der Waals surface area contributed by atoms with E-state index in [2.05, 4.69) is 15.6 Å². The molecule has 0 atom stereocenters. The van der Waals surface area contributed by atoms with E-state index >= 15 is 0 Å². The summed E-state index contributed by atoms with van der Waals surface area (Å²) in [5.74, 6) is -2.06.